The molecular formula is C22H29N3O5S2. The van der Waals surface area contributed by atoms with E-state index in [2.05, 4.69) is 10.0 Å². The maximum absolute atomic E-state index is 13.2. The molecule has 2 aromatic carbocycles. The van der Waals surface area contributed by atoms with Gasteiger partial charge in [-0.3, -0.25) is 9.52 Å². The Bertz CT molecular complexity index is 1210. The highest BCUT2D eigenvalue weighted by molar-refractivity contribution is 7.92. The number of aryl methyl sites for hydroxylation is 1. The van der Waals surface area contributed by atoms with Gasteiger partial charge in [-0.2, -0.15) is 4.31 Å². The molecule has 0 saturated carbocycles. The lowest BCUT2D eigenvalue weighted by Crippen LogP contribution is -2.42. The van der Waals surface area contributed by atoms with Gasteiger partial charge in [0.05, 0.1) is 16.8 Å². The second kappa shape index (κ2) is 9.60. The van der Waals surface area contributed by atoms with Gasteiger partial charge in [0.15, 0.2) is 0 Å². The van der Waals surface area contributed by atoms with Gasteiger partial charge in [0, 0.05) is 24.7 Å². The summed E-state index contributed by atoms with van der Waals surface area (Å²) in [5.74, 6) is -0.430. The molecule has 2 aromatic rings. The van der Waals surface area contributed by atoms with Crippen molar-refractivity contribution < 1.29 is 21.6 Å². The van der Waals surface area contributed by atoms with Gasteiger partial charge in [0.1, 0.15) is 0 Å². The quantitative estimate of drug-likeness (QED) is 0.634. The molecule has 1 amide bonds. The molecule has 0 radical (unpaired) electrons. The lowest BCUT2D eigenvalue weighted by atomic mass is 10.1. The fourth-order valence-corrected chi connectivity index (χ4v) is 6.14. The predicted molar refractivity (Wildman–Crippen MR) is 124 cm³/mol. The van der Waals surface area contributed by atoms with Crippen LogP contribution in [-0.4, -0.2) is 45.9 Å². The molecule has 1 aliphatic rings. The van der Waals surface area contributed by atoms with Gasteiger partial charge in [0.2, 0.25) is 20.0 Å². The third-order valence-electron chi connectivity index (χ3n) is 5.55. The zero-order valence-electron chi connectivity index (χ0n) is 18.5. The summed E-state index contributed by atoms with van der Waals surface area (Å²) in [4.78, 5) is 13.0. The molecule has 1 fully saturated rings. The Morgan fingerprint density at radius 1 is 1.09 bits per heavy atom. The minimum absolute atomic E-state index is 0.0776. The minimum Gasteiger partial charge on any atom is -0.348 e. The zero-order chi connectivity index (χ0) is 23.5. The number of carbonyl (C=O) groups excluding carboxylic acids is 1. The molecule has 2 N–H and O–H groups in total. The average Bonchev–Trinajstić information content (AvgIpc) is 2.72. The molecule has 10 heteroatoms. The van der Waals surface area contributed by atoms with Gasteiger partial charge in [-0.05, 0) is 56.0 Å². The topological polar surface area (TPSA) is 113 Å². The molecule has 0 bridgehead atoms. The maximum atomic E-state index is 13.2. The molecule has 3 rings (SSSR count). The van der Waals surface area contributed by atoms with Crippen molar-refractivity contribution in [2.24, 2.45) is 0 Å². The van der Waals surface area contributed by atoms with E-state index >= 15 is 0 Å². The van der Waals surface area contributed by atoms with Gasteiger partial charge >= 0.3 is 0 Å². The molecule has 0 aliphatic carbocycles. The molecule has 174 valence electrons. The van der Waals surface area contributed by atoms with Gasteiger partial charge in [-0.25, -0.2) is 16.8 Å². The summed E-state index contributed by atoms with van der Waals surface area (Å²) in [5.41, 5.74) is 1.89. The summed E-state index contributed by atoms with van der Waals surface area (Å²) in [6.45, 7) is 4.20. The standard InChI is InChI=1S/C22H29N3O5S2/c1-16-11-12-19(32(29,30)25-13-7-6-8-17(25)2)14-20(16)22(26)23-15-18-9-4-5-10-21(18)24-31(3,27)28/h4-5,9-12,14,17,24H,6-8,13,15H2,1-3H3,(H,23,26). The molecule has 8 nitrogen and oxygen atoms in total. The number of benzene rings is 2. The molecule has 1 unspecified atom stereocenters. The molecule has 1 aliphatic heterocycles. The highest BCUT2D eigenvalue weighted by Crippen LogP contribution is 2.26. The first-order chi connectivity index (χ1) is 15.0. The van der Waals surface area contributed by atoms with Crippen molar-refractivity contribution in [3.8, 4) is 0 Å². The van der Waals surface area contributed by atoms with Crippen LogP contribution in [-0.2, 0) is 26.6 Å². The Kier molecular flexibility index (Phi) is 7.26. The van der Waals surface area contributed by atoms with Gasteiger partial charge in [0.25, 0.3) is 5.91 Å². The third-order valence-corrected chi connectivity index (χ3v) is 8.15. The van der Waals surface area contributed by atoms with Gasteiger partial charge < -0.3 is 5.32 Å². The number of hydrogen-bond donors (Lipinski definition) is 2. The van der Waals surface area contributed by atoms with Crippen molar-refractivity contribution in [2.75, 3.05) is 17.5 Å². The predicted octanol–water partition coefficient (Wildman–Crippen LogP) is 2.86. The van der Waals surface area contributed by atoms with E-state index in [1.165, 1.54) is 16.4 Å². The number of amides is 1. The Morgan fingerprint density at radius 2 is 1.81 bits per heavy atom. The number of anilines is 1. The van der Waals surface area contributed by atoms with Crippen molar-refractivity contribution in [1.82, 2.24) is 9.62 Å². The Hall–Kier alpha value is -2.43. The second-order valence-corrected chi connectivity index (χ2v) is 11.8. The van der Waals surface area contributed by atoms with Crippen molar-refractivity contribution in [2.45, 2.75) is 50.6 Å². The number of piperidine rings is 1. The van der Waals surface area contributed by atoms with Crippen LogP contribution in [0.4, 0.5) is 5.69 Å². The van der Waals surface area contributed by atoms with Crippen LogP contribution in [0.5, 0.6) is 0 Å². The number of para-hydroxylation sites is 1. The molecule has 32 heavy (non-hydrogen) atoms. The van der Waals surface area contributed by atoms with Crippen LogP contribution in [0.3, 0.4) is 0 Å². The first-order valence-corrected chi connectivity index (χ1v) is 13.8. The van der Waals surface area contributed by atoms with Crippen LogP contribution in [0, 0.1) is 6.92 Å². The average molecular weight is 480 g/mol. The first-order valence-electron chi connectivity index (χ1n) is 10.5. The molecule has 0 spiro atoms. The van der Waals surface area contributed by atoms with Crippen molar-refractivity contribution in [3.63, 3.8) is 0 Å². The van der Waals surface area contributed by atoms with Crippen LogP contribution in [0.25, 0.3) is 0 Å². The number of sulfonamides is 2. The van der Waals surface area contributed by atoms with E-state index in [1.54, 1.807) is 37.3 Å². The van der Waals surface area contributed by atoms with E-state index in [0.29, 0.717) is 23.4 Å². The summed E-state index contributed by atoms with van der Waals surface area (Å²) >= 11 is 0. The fraction of sp³-hybridized carbons (Fsp3) is 0.409. The first kappa shape index (κ1) is 24.2. The summed E-state index contributed by atoms with van der Waals surface area (Å²) < 4.78 is 53.4. The van der Waals surface area contributed by atoms with Crippen molar-refractivity contribution in [1.29, 1.82) is 0 Å². The van der Waals surface area contributed by atoms with Crippen LogP contribution < -0.4 is 10.0 Å². The van der Waals surface area contributed by atoms with Crippen LogP contribution >= 0.6 is 0 Å². The van der Waals surface area contributed by atoms with E-state index in [0.717, 1.165) is 25.5 Å². The maximum Gasteiger partial charge on any atom is 0.251 e. The second-order valence-electron chi connectivity index (χ2n) is 8.15. The van der Waals surface area contributed by atoms with E-state index in [1.807, 2.05) is 6.92 Å². The lowest BCUT2D eigenvalue weighted by Gasteiger charge is -2.32. The Labute approximate surface area is 190 Å². The molecule has 0 aromatic heterocycles. The minimum atomic E-state index is -3.70. The molecule has 1 saturated heterocycles. The van der Waals surface area contributed by atoms with Crippen molar-refractivity contribution >= 4 is 31.6 Å². The van der Waals surface area contributed by atoms with E-state index in [9.17, 15) is 21.6 Å². The molecule has 1 atom stereocenters. The molecular weight excluding hydrogens is 450 g/mol. The summed E-state index contributed by atoms with van der Waals surface area (Å²) in [7, 11) is -7.17. The number of hydrogen-bond acceptors (Lipinski definition) is 5. The zero-order valence-corrected chi connectivity index (χ0v) is 20.1. The van der Waals surface area contributed by atoms with Gasteiger partial charge in [-0.15, -0.1) is 0 Å². The van der Waals surface area contributed by atoms with E-state index in [-0.39, 0.29) is 23.0 Å². The Morgan fingerprint density at radius 3 is 2.50 bits per heavy atom. The molecule has 1 heterocycles. The van der Waals surface area contributed by atoms with E-state index < -0.39 is 26.0 Å². The lowest BCUT2D eigenvalue weighted by molar-refractivity contribution is 0.0950. The van der Waals surface area contributed by atoms with Crippen LogP contribution in [0.15, 0.2) is 47.4 Å². The number of rotatable bonds is 7. The van der Waals surface area contributed by atoms with Gasteiger partial charge in [-0.1, -0.05) is 30.7 Å². The monoisotopic (exact) mass is 479 g/mol. The van der Waals surface area contributed by atoms with Crippen LogP contribution in [0.2, 0.25) is 0 Å². The fourth-order valence-electron chi connectivity index (χ4n) is 3.81. The third kappa shape index (κ3) is 5.67. The SMILES string of the molecule is Cc1ccc(S(=O)(=O)N2CCCCC2C)cc1C(=O)NCc1ccccc1NS(C)(=O)=O. The smallest absolute Gasteiger partial charge is 0.251 e. The van der Waals surface area contributed by atoms with Crippen molar-refractivity contribution in [3.05, 3.63) is 59.2 Å². The van der Waals surface area contributed by atoms with Crippen LogP contribution in [0.1, 0.15) is 47.7 Å². The summed E-state index contributed by atoms with van der Waals surface area (Å²) in [6, 6.07) is 11.3. The highest BCUT2D eigenvalue weighted by atomic mass is 32.2. The highest BCUT2D eigenvalue weighted by Gasteiger charge is 2.31. The Balaban J connectivity index is 1.81. The number of nitrogens with zero attached hydrogens (tertiary/aromatic N) is 1. The van der Waals surface area contributed by atoms with E-state index in [4.69, 9.17) is 0 Å². The summed E-state index contributed by atoms with van der Waals surface area (Å²) in [6.07, 6.45) is 3.70. The largest absolute Gasteiger partial charge is 0.348 e. The summed E-state index contributed by atoms with van der Waals surface area (Å²) in [5, 5.41) is 2.77. The normalized spacial score (nSPS) is 17.7. The number of nitrogens with one attached hydrogen (secondary N) is 2. The number of carbonyl (C=O) groups is 1.